The summed E-state index contributed by atoms with van der Waals surface area (Å²) in [6.45, 7) is 9.03. The molecule has 1 N–H and O–H groups in total. The Morgan fingerprint density at radius 1 is 1.33 bits per heavy atom. The van der Waals surface area contributed by atoms with Gasteiger partial charge in [-0.15, -0.1) is 0 Å². The maximum Gasteiger partial charge on any atom is 0.0674 e. The quantitative estimate of drug-likeness (QED) is 0.816. The molecule has 0 aliphatic carbocycles. The molecule has 1 heterocycles. The van der Waals surface area contributed by atoms with E-state index >= 15 is 0 Å². The van der Waals surface area contributed by atoms with Crippen LogP contribution in [0.3, 0.4) is 0 Å². The Labute approximate surface area is 139 Å². The van der Waals surface area contributed by atoms with Crippen molar-refractivity contribution in [3.05, 3.63) is 50.7 Å². The maximum absolute atomic E-state index is 6.26. The van der Waals surface area contributed by atoms with Gasteiger partial charge in [0.05, 0.1) is 12.2 Å². The zero-order valence-corrected chi connectivity index (χ0v) is 15.0. The summed E-state index contributed by atoms with van der Waals surface area (Å²) in [4.78, 5) is 0. The van der Waals surface area contributed by atoms with Crippen LogP contribution in [-0.4, -0.2) is 16.3 Å². The van der Waals surface area contributed by atoms with E-state index in [4.69, 9.17) is 11.6 Å². The number of nitrogens with one attached hydrogen (secondary N) is 1. The third kappa shape index (κ3) is 4.83. The van der Waals surface area contributed by atoms with E-state index in [-0.39, 0.29) is 0 Å². The lowest BCUT2D eigenvalue weighted by Crippen LogP contribution is -2.19. The van der Waals surface area contributed by atoms with Crippen LogP contribution in [0.5, 0.6) is 0 Å². The van der Waals surface area contributed by atoms with Gasteiger partial charge in [0.15, 0.2) is 0 Å². The van der Waals surface area contributed by atoms with Crippen molar-refractivity contribution in [1.82, 2.24) is 15.1 Å². The fourth-order valence-corrected chi connectivity index (χ4v) is 2.87. The number of hydrogen-bond donors (Lipinski definition) is 1. The molecule has 2 aromatic rings. The zero-order chi connectivity index (χ0) is 15.4. The summed E-state index contributed by atoms with van der Waals surface area (Å²) in [5, 5.41) is 8.79. The molecule has 3 nitrogen and oxygen atoms in total. The van der Waals surface area contributed by atoms with Gasteiger partial charge in [-0.05, 0) is 37.1 Å². The lowest BCUT2D eigenvalue weighted by Gasteiger charge is -2.06. The highest BCUT2D eigenvalue weighted by atomic mass is 79.9. The molecule has 0 spiro atoms. The number of aryl methyl sites for hydroxylation is 1. The second-order valence-electron chi connectivity index (χ2n) is 5.70. The van der Waals surface area contributed by atoms with Crippen molar-refractivity contribution in [3.8, 4) is 0 Å². The lowest BCUT2D eigenvalue weighted by atomic mass is 10.2. The smallest absolute Gasteiger partial charge is 0.0674 e. The number of hydrogen-bond acceptors (Lipinski definition) is 2. The molecule has 114 valence electrons. The largest absolute Gasteiger partial charge is 0.312 e. The van der Waals surface area contributed by atoms with Crippen molar-refractivity contribution in [2.45, 2.75) is 33.9 Å². The molecule has 0 aliphatic rings. The van der Waals surface area contributed by atoms with Gasteiger partial charge in [-0.1, -0.05) is 47.4 Å². The predicted octanol–water partition coefficient (Wildman–Crippen LogP) is 4.40. The highest BCUT2D eigenvalue weighted by molar-refractivity contribution is 9.10. The molecule has 0 aliphatic heterocycles. The van der Waals surface area contributed by atoms with Crippen LogP contribution in [0.2, 0.25) is 5.02 Å². The van der Waals surface area contributed by atoms with Gasteiger partial charge in [-0.25, -0.2) is 0 Å². The Bertz CT molecular complexity index is 608. The Kier molecular flexibility index (Phi) is 5.85. The first-order valence-corrected chi connectivity index (χ1v) is 8.30. The average molecular weight is 371 g/mol. The average Bonchev–Trinajstić information content (AvgIpc) is 2.73. The van der Waals surface area contributed by atoms with Crippen molar-refractivity contribution in [1.29, 1.82) is 0 Å². The highest BCUT2D eigenvalue weighted by Crippen LogP contribution is 2.22. The van der Waals surface area contributed by atoms with E-state index in [1.165, 1.54) is 5.56 Å². The minimum Gasteiger partial charge on any atom is -0.312 e. The van der Waals surface area contributed by atoms with Gasteiger partial charge in [-0.3, -0.25) is 4.68 Å². The Morgan fingerprint density at radius 2 is 2.10 bits per heavy atom. The normalized spacial score (nSPS) is 11.3. The fraction of sp³-hybridized carbons (Fsp3) is 0.438. The molecule has 0 atom stereocenters. The minimum atomic E-state index is 0.655. The van der Waals surface area contributed by atoms with E-state index < -0.39 is 0 Å². The second kappa shape index (κ2) is 7.43. The summed E-state index contributed by atoms with van der Waals surface area (Å²) in [6, 6.07) is 5.95. The van der Waals surface area contributed by atoms with Gasteiger partial charge in [0.2, 0.25) is 0 Å². The molecule has 21 heavy (non-hydrogen) atoms. The van der Waals surface area contributed by atoms with E-state index in [0.717, 1.165) is 33.8 Å². The van der Waals surface area contributed by atoms with Gasteiger partial charge in [0.25, 0.3) is 0 Å². The Morgan fingerprint density at radius 3 is 2.76 bits per heavy atom. The Balaban J connectivity index is 2.04. The van der Waals surface area contributed by atoms with E-state index in [2.05, 4.69) is 46.4 Å². The zero-order valence-electron chi connectivity index (χ0n) is 12.7. The first-order chi connectivity index (χ1) is 9.95. The molecular weight excluding hydrogens is 350 g/mol. The van der Waals surface area contributed by atoms with Crippen molar-refractivity contribution in [2.75, 3.05) is 6.54 Å². The van der Waals surface area contributed by atoms with Crippen LogP contribution >= 0.6 is 27.5 Å². The van der Waals surface area contributed by atoms with Crippen molar-refractivity contribution in [2.24, 2.45) is 5.92 Å². The summed E-state index contributed by atoms with van der Waals surface area (Å²) < 4.78 is 2.95. The van der Waals surface area contributed by atoms with Gasteiger partial charge in [-0.2, -0.15) is 5.10 Å². The van der Waals surface area contributed by atoms with Crippen LogP contribution in [0, 0.1) is 12.8 Å². The first-order valence-electron chi connectivity index (χ1n) is 7.13. The highest BCUT2D eigenvalue weighted by Gasteiger charge is 2.07. The third-order valence-electron chi connectivity index (χ3n) is 3.26. The monoisotopic (exact) mass is 369 g/mol. The molecule has 0 saturated carbocycles. The predicted molar refractivity (Wildman–Crippen MR) is 91.8 cm³/mol. The summed E-state index contributed by atoms with van der Waals surface area (Å²) >= 11 is 9.68. The van der Waals surface area contributed by atoms with Crippen molar-refractivity contribution in [3.63, 3.8) is 0 Å². The summed E-state index contributed by atoms with van der Waals surface area (Å²) in [7, 11) is 0. The second-order valence-corrected chi connectivity index (χ2v) is 7.02. The van der Waals surface area contributed by atoms with Gasteiger partial charge in [0, 0.05) is 27.8 Å². The third-order valence-corrected chi connectivity index (χ3v) is 4.11. The molecule has 0 amide bonds. The molecule has 0 saturated heterocycles. The van der Waals surface area contributed by atoms with Gasteiger partial charge >= 0.3 is 0 Å². The fourth-order valence-electron chi connectivity index (χ4n) is 2.13. The summed E-state index contributed by atoms with van der Waals surface area (Å²) in [5.74, 6) is 0.655. The van der Waals surface area contributed by atoms with Crippen LogP contribution < -0.4 is 5.32 Å². The molecule has 0 bridgehead atoms. The molecule has 1 aromatic heterocycles. The summed E-state index contributed by atoms with van der Waals surface area (Å²) in [6.07, 6.45) is 2.10. The van der Waals surface area contributed by atoms with Crippen LogP contribution in [-0.2, 0) is 13.1 Å². The van der Waals surface area contributed by atoms with Crippen molar-refractivity contribution >= 4 is 27.5 Å². The number of nitrogens with zero attached hydrogens (tertiary/aromatic N) is 2. The van der Waals surface area contributed by atoms with E-state index in [9.17, 15) is 0 Å². The van der Waals surface area contributed by atoms with Crippen LogP contribution in [0.15, 0.2) is 28.9 Å². The molecule has 1 aromatic carbocycles. The molecule has 0 radical (unpaired) electrons. The molecule has 2 rings (SSSR count). The van der Waals surface area contributed by atoms with E-state index in [1.54, 1.807) is 0 Å². The molecular formula is C16H21BrClN3. The van der Waals surface area contributed by atoms with Crippen LogP contribution in [0.25, 0.3) is 0 Å². The van der Waals surface area contributed by atoms with Gasteiger partial charge < -0.3 is 5.32 Å². The number of aromatic nitrogens is 2. The topological polar surface area (TPSA) is 29.9 Å². The van der Waals surface area contributed by atoms with E-state index in [1.807, 2.05) is 29.8 Å². The Hall–Kier alpha value is -0.840. The van der Waals surface area contributed by atoms with E-state index in [0.29, 0.717) is 12.5 Å². The van der Waals surface area contributed by atoms with Crippen molar-refractivity contribution < 1.29 is 0 Å². The first kappa shape index (κ1) is 16.5. The van der Waals surface area contributed by atoms with Gasteiger partial charge in [0.1, 0.15) is 0 Å². The maximum atomic E-state index is 6.26. The molecule has 5 heteroatoms. The molecule has 0 unspecified atom stereocenters. The molecule has 0 fully saturated rings. The van der Waals surface area contributed by atoms with Crippen LogP contribution in [0.4, 0.5) is 0 Å². The minimum absolute atomic E-state index is 0.655. The standard InChI is InChI=1S/C16H21BrClN3/c1-11(2)7-19-8-14-10-21(20-12(14)3)9-13-4-5-15(17)6-16(13)18/h4-6,10-11,19H,7-9H2,1-3H3. The number of halogens is 2. The lowest BCUT2D eigenvalue weighted by molar-refractivity contribution is 0.551. The summed E-state index contributed by atoms with van der Waals surface area (Å²) in [5.41, 5.74) is 3.38. The number of rotatable bonds is 6. The number of benzene rings is 1. The SMILES string of the molecule is Cc1nn(Cc2ccc(Br)cc2Cl)cc1CNCC(C)C. The van der Waals surface area contributed by atoms with Crippen LogP contribution in [0.1, 0.15) is 30.7 Å².